The van der Waals surface area contributed by atoms with Crippen LogP contribution in [0.1, 0.15) is 0 Å². The third-order valence-electron chi connectivity index (χ3n) is 2.88. The molecule has 0 aliphatic carbocycles. The van der Waals surface area contributed by atoms with Gasteiger partial charge in [0.05, 0.1) is 12.3 Å². The highest BCUT2D eigenvalue weighted by Gasteiger charge is 2.16. The van der Waals surface area contributed by atoms with Gasteiger partial charge in [-0.15, -0.1) is 0 Å². The zero-order valence-corrected chi connectivity index (χ0v) is 15.2. The summed E-state index contributed by atoms with van der Waals surface area (Å²) in [6.07, 6.45) is 1.08. The fraction of sp³-hybridized carbons (Fsp3) is 0.250. The topological polar surface area (TPSA) is 64.6 Å². The highest BCUT2D eigenvalue weighted by molar-refractivity contribution is 7.88. The lowest BCUT2D eigenvalue weighted by Gasteiger charge is -2.19. The second kappa shape index (κ2) is 8.58. The van der Waals surface area contributed by atoms with Crippen molar-refractivity contribution in [1.82, 2.24) is 4.72 Å². The van der Waals surface area contributed by atoms with Gasteiger partial charge in [-0.05, 0) is 36.4 Å². The SMILES string of the molecule is CS(=O)(=O)NC(COc1cccc(Cl)c1)COc1cccc(Cl)c1. The number of rotatable bonds is 8. The van der Waals surface area contributed by atoms with E-state index in [1.54, 1.807) is 48.5 Å². The molecule has 0 bridgehead atoms. The maximum Gasteiger partial charge on any atom is 0.209 e. The van der Waals surface area contributed by atoms with E-state index in [0.717, 1.165) is 6.26 Å². The van der Waals surface area contributed by atoms with Gasteiger partial charge in [-0.25, -0.2) is 13.1 Å². The first kappa shape index (κ1) is 18.9. The highest BCUT2D eigenvalue weighted by atomic mass is 35.5. The van der Waals surface area contributed by atoms with E-state index >= 15 is 0 Å². The van der Waals surface area contributed by atoms with Gasteiger partial charge in [-0.3, -0.25) is 0 Å². The van der Waals surface area contributed by atoms with Crippen LogP contribution < -0.4 is 14.2 Å². The summed E-state index contributed by atoms with van der Waals surface area (Å²) in [4.78, 5) is 0. The van der Waals surface area contributed by atoms with E-state index in [1.165, 1.54) is 0 Å². The van der Waals surface area contributed by atoms with Gasteiger partial charge in [0, 0.05) is 10.0 Å². The molecule has 0 heterocycles. The van der Waals surface area contributed by atoms with Crippen LogP contribution >= 0.6 is 23.2 Å². The Kier molecular flexibility index (Phi) is 6.74. The van der Waals surface area contributed by atoms with Crippen LogP contribution in [0.3, 0.4) is 0 Å². The molecule has 1 N–H and O–H groups in total. The summed E-state index contributed by atoms with van der Waals surface area (Å²) >= 11 is 11.8. The van der Waals surface area contributed by atoms with Gasteiger partial charge in [-0.2, -0.15) is 0 Å². The summed E-state index contributed by atoms with van der Waals surface area (Å²) in [7, 11) is -3.41. The molecule has 0 fully saturated rings. The van der Waals surface area contributed by atoms with Crippen molar-refractivity contribution in [2.45, 2.75) is 6.04 Å². The summed E-state index contributed by atoms with van der Waals surface area (Å²) in [6.45, 7) is 0.182. The first-order valence-corrected chi connectivity index (χ1v) is 9.70. The number of benzene rings is 2. The Morgan fingerprint density at radius 2 is 1.42 bits per heavy atom. The van der Waals surface area contributed by atoms with Crippen LogP contribution in [0, 0.1) is 0 Å². The lowest BCUT2D eigenvalue weighted by molar-refractivity contribution is 0.211. The molecule has 5 nitrogen and oxygen atoms in total. The van der Waals surface area contributed by atoms with Crippen molar-refractivity contribution in [1.29, 1.82) is 0 Å². The first-order valence-electron chi connectivity index (χ1n) is 7.06. The molecule has 2 aromatic rings. The predicted octanol–water partition coefficient (Wildman–Crippen LogP) is 3.37. The van der Waals surface area contributed by atoms with E-state index in [1.807, 2.05) is 0 Å². The van der Waals surface area contributed by atoms with E-state index in [-0.39, 0.29) is 13.2 Å². The molecule has 24 heavy (non-hydrogen) atoms. The number of hydrogen-bond donors (Lipinski definition) is 1. The van der Waals surface area contributed by atoms with Gasteiger partial charge in [0.1, 0.15) is 24.7 Å². The smallest absolute Gasteiger partial charge is 0.209 e. The number of nitrogens with one attached hydrogen (secondary N) is 1. The molecule has 0 amide bonds. The van der Waals surface area contributed by atoms with E-state index in [4.69, 9.17) is 32.7 Å². The average Bonchev–Trinajstić information content (AvgIpc) is 2.49. The Morgan fingerprint density at radius 1 is 0.958 bits per heavy atom. The number of halogens is 2. The molecule has 0 aliphatic rings. The van der Waals surface area contributed by atoms with Crippen LogP contribution in [-0.4, -0.2) is 33.9 Å². The minimum Gasteiger partial charge on any atom is -0.492 e. The summed E-state index contributed by atoms with van der Waals surface area (Å²) in [5, 5.41) is 1.07. The van der Waals surface area contributed by atoms with Gasteiger partial charge < -0.3 is 9.47 Å². The van der Waals surface area contributed by atoms with Crippen molar-refractivity contribution in [3.8, 4) is 11.5 Å². The maximum atomic E-state index is 11.5. The van der Waals surface area contributed by atoms with E-state index in [9.17, 15) is 8.42 Å². The Morgan fingerprint density at radius 3 is 1.79 bits per heavy atom. The molecule has 8 heteroatoms. The van der Waals surface area contributed by atoms with Crippen molar-refractivity contribution in [3.63, 3.8) is 0 Å². The molecule has 0 atom stereocenters. The second-order valence-corrected chi connectivity index (χ2v) is 7.78. The number of ether oxygens (including phenoxy) is 2. The zero-order chi connectivity index (χ0) is 17.6. The fourth-order valence-electron chi connectivity index (χ4n) is 1.93. The monoisotopic (exact) mass is 389 g/mol. The average molecular weight is 390 g/mol. The summed E-state index contributed by atoms with van der Waals surface area (Å²) < 4.78 is 36.7. The standard InChI is InChI=1S/C16H17Cl2NO4S/c1-24(20,21)19-14(10-22-15-6-2-4-12(17)8-15)11-23-16-7-3-5-13(18)9-16/h2-9,14,19H,10-11H2,1H3. The van der Waals surface area contributed by atoms with Crippen LogP contribution in [0.15, 0.2) is 48.5 Å². The van der Waals surface area contributed by atoms with Crippen LogP contribution in [0.5, 0.6) is 11.5 Å². The lowest BCUT2D eigenvalue weighted by atomic mass is 10.3. The van der Waals surface area contributed by atoms with Gasteiger partial charge in [0.15, 0.2) is 0 Å². The highest BCUT2D eigenvalue weighted by Crippen LogP contribution is 2.19. The van der Waals surface area contributed by atoms with Crippen molar-refractivity contribution < 1.29 is 17.9 Å². The Hall–Kier alpha value is -1.47. The second-order valence-electron chi connectivity index (χ2n) is 5.12. The Bertz CT molecular complexity index is 734. The fourth-order valence-corrected chi connectivity index (χ4v) is 3.03. The van der Waals surface area contributed by atoms with Crippen LogP contribution in [-0.2, 0) is 10.0 Å². The quantitative estimate of drug-likeness (QED) is 0.751. The third kappa shape index (κ3) is 6.97. The lowest BCUT2D eigenvalue weighted by Crippen LogP contribution is -2.42. The molecule has 130 valence electrons. The molecule has 0 aromatic heterocycles. The normalized spacial score (nSPS) is 11.5. The largest absolute Gasteiger partial charge is 0.492 e. The molecule has 0 spiro atoms. The molecule has 0 saturated heterocycles. The van der Waals surface area contributed by atoms with E-state index in [2.05, 4.69) is 4.72 Å². The minimum absolute atomic E-state index is 0.0912. The van der Waals surface area contributed by atoms with Crippen molar-refractivity contribution in [2.75, 3.05) is 19.5 Å². The predicted molar refractivity (Wildman–Crippen MR) is 95.7 cm³/mol. The molecular weight excluding hydrogens is 373 g/mol. The summed E-state index contributed by atoms with van der Waals surface area (Å²) in [5.41, 5.74) is 0. The Balaban J connectivity index is 1.98. The van der Waals surface area contributed by atoms with Gasteiger partial charge in [0.25, 0.3) is 0 Å². The molecular formula is C16H17Cl2NO4S. The summed E-state index contributed by atoms with van der Waals surface area (Å²) in [6, 6.07) is 13.2. The molecule has 0 unspecified atom stereocenters. The Labute approximate surface area is 151 Å². The molecule has 2 rings (SSSR count). The van der Waals surface area contributed by atoms with Crippen molar-refractivity contribution in [2.24, 2.45) is 0 Å². The third-order valence-corrected chi connectivity index (χ3v) is 4.11. The number of hydrogen-bond acceptors (Lipinski definition) is 4. The maximum absolute atomic E-state index is 11.5. The van der Waals surface area contributed by atoms with Crippen LogP contribution in [0.2, 0.25) is 10.0 Å². The van der Waals surface area contributed by atoms with Crippen LogP contribution in [0.4, 0.5) is 0 Å². The zero-order valence-electron chi connectivity index (χ0n) is 12.9. The van der Waals surface area contributed by atoms with Crippen molar-refractivity contribution in [3.05, 3.63) is 58.6 Å². The number of sulfonamides is 1. The molecule has 0 aliphatic heterocycles. The molecule has 0 saturated carbocycles. The van der Waals surface area contributed by atoms with Gasteiger partial charge in [-0.1, -0.05) is 35.3 Å². The summed E-state index contributed by atoms with van der Waals surface area (Å²) in [5.74, 6) is 1.09. The van der Waals surface area contributed by atoms with E-state index in [0.29, 0.717) is 21.5 Å². The van der Waals surface area contributed by atoms with Crippen molar-refractivity contribution >= 4 is 33.2 Å². The van der Waals surface area contributed by atoms with Crippen LogP contribution in [0.25, 0.3) is 0 Å². The van der Waals surface area contributed by atoms with E-state index < -0.39 is 16.1 Å². The van der Waals surface area contributed by atoms with Gasteiger partial charge in [0.2, 0.25) is 10.0 Å². The molecule has 0 radical (unpaired) electrons. The van der Waals surface area contributed by atoms with Gasteiger partial charge >= 0.3 is 0 Å². The minimum atomic E-state index is -3.41. The molecule has 2 aromatic carbocycles. The first-order chi connectivity index (χ1) is 11.3.